The molecule has 1 N–H and O–H groups in total. The molecule has 5 nitrogen and oxygen atoms in total. The molecule has 2 aromatic heterocycles. The SMILES string of the molecule is CCc1ccc(NC(=O)c2sc3ncn(C4CCCC4)c(=O)c3c2C)cc1. The van der Waals surface area contributed by atoms with Gasteiger partial charge in [0.15, 0.2) is 0 Å². The van der Waals surface area contributed by atoms with Gasteiger partial charge in [0.2, 0.25) is 0 Å². The van der Waals surface area contributed by atoms with Gasteiger partial charge < -0.3 is 5.32 Å². The summed E-state index contributed by atoms with van der Waals surface area (Å²) in [5, 5.41) is 3.52. The molecular formula is C21H23N3O2S. The maximum Gasteiger partial charge on any atom is 0.266 e. The Bertz CT molecular complexity index is 1040. The highest BCUT2D eigenvalue weighted by atomic mass is 32.1. The topological polar surface area (TPSA) is 64.0 Å². The van der Waals surface area contributed by atoms with Crippen LogP contribution in [-0.4, -0.2) is 15.5 Å². The first-order valence-electron chi connectivity index (χ1n) is 9.49. The summed E-state index contributed by atoms with van der Waals surface area (Å²) in [5.74, 6) is -0.188. The first kappa shape index (κ1) is 17.9. The number of aryl methyl sites for hydroxylation is 2. The number of hydrogen-bond acceptors (Lipinski definition) is 4. The molecule has 1 amide bonds. The van der Waals surface area contributed by atoms with E-state index in [1.165, 1.54) is 16.9 Å². The van der Waals surface area contributed by atoms with Crippen molar-refractivity contribution in [3.63, 3.8) is 0 Å². The zero-order valence-corrected chi connectivity index (χ0v) is 16.4. The molecule has 0 saturated heterocycles. The minimum Gasteiger partial charge on any atom is -0.321 e. The lowest BCUT2D eigenvalue weighted by Gasteiger charge is -2.12. The van der Waals surface area contributed by atoms with E-state index in [1.54, 1.807) is 10.9 Å². The summed E-state index contributed by atoms with van der Waals surface area (Å²) in [5.41, 5.74) is 2.68. The maximum atomic E-state index is 13.0. The van der Waals surface area contributed by atoms with E-state index in [4.69, 9.17) is 0 Å². The largest absolute Gasteiger partial charge is 0.321 e. The summed E-state index contributed by atoms with van der Waals surface area (Å²) in [7, 11) is 0. The van der Waals surface area contributed by atoms with Crippen molar-refractivity contribution in [2.45, 2.75) is 52.0 Å². The highest BCUT2D eigenvalue weighted by Gasteiger charge is 2.23. The molecule has 140 valence electrons. The second-order valence-corrected chi connectivity index (χ2v) is 8.14. The molecule has 0 atom stereocenters. The van der Waals surface area contributed by atoms with Gasteiger partial charge in [0, 0.05) is 11.7 Å². The van der Waals surface area contributed by atoms with Crippen molar-refractivity contribution in [2.24, 2.45) is 0 Å². The Kier molecular flexibility index (Phi) is 4.83. The Morgan fingerprint density at radius 3 is 2.63 bits per heavy atom. The van der Waals surface area contributed by atoms with E-state index in [1.807, 2.05) is 31.2 Å². The van der Waals surface area contributed by atoms with Crippen molar-refractivity contribution in [3.05, 3.63) is 57.0 Å². The van der Waals surface area contributed by atoms with Crippen LogP contribution in [0.1, 0.15) is 59.4 Å². The van der Waals surface area contributed by atoms with E-state index in [9.17, 15) is 9.59 Å². The first-order valence-corrected chi connectivity index (χ1v) is 10.3. The van der Waals surface area contributed by atoms with Crippen molar-refractivity contribution >= 4 is 33.1 Å². The molecule has 4 rings (SSSR count). The van der Waals surface area contributed by atoms with Gasteiger partial charge in [-0.1, -0.05) is 31.9 Å². The molecule has 1 aromatic carbocycles. The van der Waals surface area contributed by atoms with Gasteiger partial charge in [-0.25, -0.2) is 4.98 Å². The number of carbonyl (C=O) groups is 1. The summed E-state index contributed by atoms with van der Waals surface area (Å²) >= 11 is 1.29. The zero-order valence-electron chi connectivity index (χ0n) is 15.6. The van der Waals surface area contributed by atoms with E-state index >= 15 is 0 Å². The van der Waals surface area contributed by atoms with Gasteiger partial charge in [-0.05, 0) is 49.4 Å². The number of fused-ring (bicyclic) bond motifs is 1. The normalized spacial score (nSPS) is 14.7. The quantitative estimate of drug-likeness (QED) is 0.713. The smallest absolute Gasteiger partial charge is 0.266 e. The van der Waals surface area contributed by atoms with Crippen LogP contribution in [0.5, 0.6) is 0 Å². The third kappa shape index (κ3) is 3.30. The molecule has 1 fully saturated rings. The van der Waals surface area contributed by atoms with Crippen LogP contribution in [-0.2, 0) is 6.42 Å². The third-order valence-corrected chi connectivity index (χ3v) is 6.62. The summed E-state index contributed by atoms with van der Waals surface area (Å²) in [4.78, 5) is 31.4. The van der Waals surface area contributed by atoms with Gasteiger partial charge in [0.05, 0.1) is 16.6 Å². The van der Waals surface area contributed by atoms with Crippen molar-refractivity contribution in [1.29, 1.82) is 0 Å². The van der Waals surface area contributed by atoms with E-state index in [2.05, 4.69) is 17.2 Å². The van der Waals surface area contributed by atoms with Gasteiger partial charge in [0.1, 0.15) is 4.83 Å². The molecule has 0 unspecified atom stereocenters. The molecule has 2 heterocycles. The van der Waals surface area contributed by atoms with Gasteiger partial charge >= 0.3 is 0 Å². The number of benzene rings is 1. The number of thiophene rings is 1. The number of anilines is 1. The summed E-state index contributed by atoms with van der Waals surface area (Å²) in [6.07, 6.45) is 6.98. The Morgan fingerprint density at radius 2 is 1.96 bits per heavy atom. The first-order chi connectivity index (χ1) is 13.1. The summed E-state index contributed by atoms with van der Waals surface area (Å²) < 4.78 is 1.76. The van der Waals surface area contributed by atoms with E-state index < -0.39 is 0 Å². The van der Waals surface area contributed by atoms with Crippen molar-refractivity contribution in [1.82, 2.24) is 9.55 Å². The van der Waals surface area contributed by atoms with E-state index in [0.29, 0.717) is 15.1 Å². The Hall–Kier alpha value is -2.47. The molecule has 27 heavy (non-hydrogen) atoms. The van der Waals surface area contributed by atoms with Gasteiger partial charge in [0.25, 0.3) is 11.5 Å². The number of nitrogens with zero attached hydrogens (tertiary/aromatic N) is 2. The minimum absolute atomic E-state index is 0.0213. The highest BCUT2D eigenvalue weighted by Crippen LogP contribution is 2.31. The molecule has 3 aromatic rings. The fraction of sp³-hybridized carbons (Fsp3) is 0.381. The lowest BCUT2D eigenvalue weighted by atomic mass is 10.1. The maximum absolute atomic E-state index is 13.0. The van der Waals surface area contributed by atoms with Crippen LogP contribution in [0, 0.1) is 6.92 Å². The second kappa shape index (κ2) is 7.27. The number of aromatic nitrogens is 2. The van der Waals surface area contributed by atoms with Crippen LogP contribution in [0.2, 0.25) is 0 Å². The molecule has 1 aliphatic rings. The van der Waals surface area contributed by atoms with Gasteiger partial charge in [-0.3, -0.25) is 14.2 Å². The third-order valence-electron chi connectivity index (χ3n) is 5.42. The van der Waals surface area contributed by atoms with Crippen molar-refractivity contribution < 1.29 is 4.79 Å². The highest BCUT2D eigenvalue weighted by molar-refractivity contribution is 7.20. The van der Waals surface area contributed by atoms with Crippen LogP contribution in [0.15, 0.2) is 35.4 Å². The number of nitrogens with one attached hydrogen (secondary N) is 1. The molecule has 0 spiro atoms. The molecule has 0 bridgehead atoms. The van der Waals surface area contributed by atoms with Crippen LogP contribution >= 0.6 is 11.3 Å². The molecule has 0 radical (unpaired) electrons. The predicted molar refractivity (Wildman–Crippen MR) is 110 cm³/mol. The average molecular weight is 382 g/mol. The van der Waals surface area contributed by atoms with Crippen LogP contribution in [0.4, 0.5) is 5.69 Å². The molecule has 6 heteroatoms. The van der Waals surface area contributed by atoms with Gasteiger partial charge in [-0.2, -0.15) is 0 Å². The number of hydrogen-bond donors (Lipinski definition) is 1. The number of carbonyl (C=O) groups excluding carboxylic acids is 1. The van der Waals surface area contributed by atoms with Crippen LogP contribution in [0.3, 0.4) is 0 Å². The van der Waals surface area contributed by atoms with Crippen molar-refractivity contribution in [2.75, 3.05) is 5.32 Å². The Balaban J connectivity index is 1.67. The van der Waals surface area contributed by atoms with Crippen LogP contribution in [0.25, 0.3) is 10.2 Å². The number of rotatable bonds is 4. The van der Waals surface area contributed by atoms with Crippen molar-refractivity contribution in [3.8, 4) is 0 Å². The second-order valence-electron chi connectivity index (χ2n) is 7.14. The lowest BCUT2D eigenvalue weighted by Crippen LogP contribution is -2.23. The van der Waals surface area contributed by atoms with E-state index in [-0.39, 0.29) is 17.5 Å². The van der Waals surface area contributed by atoms with E-state index in [0.717, 1.165) is 43.4 Å². The average Bonchev–Trinajstić information content (AvgIpc) is 3.31. The molecular weight excluding hydrogens is 358 g/mol. The standard InChI is InChI=1S/C21H23N3O2S/c1-3-14-8-10-15(11-9-14)23-19(25)18-13(2)17-20(27-18)22-12-24(21(17)26)16-6-4-5-7-16/h8-12,16H,3-7H2,1-2H3,(H,23,25). The van der Waals surface area contributed by atoms with Gasteiger partial charge in [-0.15, -0.1) is 11.3 Å². The summed E-state index contributed by atoms with van der Waals surface area (Å²) in [6, 6.07) is 8.07. The molecule has 0 aliphatic heterocycles. The number of amides is 1. The Labute approximate surface area is 162 Å². The van der Waals surface area contributed by atoms with Crippen LogP contribution < -0.4 is 10.9 Å². The minimum atomic E-state index is -0.188. The monoisotopic (exact) mass is 381 g/mol. The molecule has 1 aliphatic carbocycles. The summed E-state index contributed by atoms with van der Waals surface area (Å²) in [6.45, 7) is 3.94. The fourth-order valence-corrected chi connectivity index (χ4v) is 4.84. The Morgan fingerprint density at radius 1 is 1.26 bits per heavy atom. The zero-order chi connectivity index (χ0) is 19.0. The molecule has 1 saturated carbocycles. The fourth-order valence-electron chi connectivity index (χ4n) is 3.81. The predicted octanol–water partition coefficient (Wildman–Crippen LogP) is 4.70. The lowest BCUT2D eigenvalue weighted by molar-refractivity contribution is 0.103.